The molecule has 1 rings (SSSR count). The molecule has 0 spiro atoms. The Morgan fingerprint density at radius 2 is 2.17 bits per heavy atom. The van der Waals surface area contributed by atoms with Gasteiger partial charge in [-0.1, -0.05) is 11.6 Å². The topological polar surface area (TPSA) is 84.2 Å². The van der Waals surface area contributed by atoms with Crippen LogP contribution in [0.4, 0.5) is 0 Å². The first kappa shape index (κ1) is 14.2. The highest BCUT2D eigenvalue weighted by Crippen LogP contribution is 2.19. The lowest BCUT2D eigenvalue weighted by atomic mass is 10.2. The van der Waals surface area contributed by atoms with Crippen LogP contribution in [0.1, 0.15) is 18.2 Å². The van der Waals surface area contributed by atoms with Crippen molar-refractivity contribution in [1.82, 2.24) is 15.1 Å². The number of hydrogen-bond donors (Lipinski definition) is 2. The molecule has 0 saturated carbocycles. The van der Waals surface area contributed by atoms with Gasteiger partial charge in [-0.3, -0.25) is 14.3 Å². The molecule has 0 aromatic carbocycles. The first-order valence-electron chi connectivity index (χ1n) is 5.23. The number of nitrogens with zero attached hydrogens (tertiary/aromatic N) is 2. The average Bonchev–Trinajstić information content (AvgIpc) is 2.51. The van der Waals surface area contributed by atoms with Gasteiger partial charge in [0.1, 0.15) is 11.2 Å². The molecule has 1 amide bonds. The van der Waals surface area contributed by atoms with Crippen molar-refractivity contribution in [2.45, 2.75) is 19.9 Å². The summed E-state index contributed by atoms with van der Waals surface area (Å²) in [6, 6.07) is -0.937. The van der Waals surface area contributed by atoms with Gasteiger partial charge >= 0.3 is 5.97 Å². The van der Waals surface area contributed by atoms with Gasteiger partial charge in [-0.2, -0.15) is 5.10 Å². The van der Waals surface area contributed by atoms with E-state index >= 15 is 0 Å². The van der Waals surface area contributed by atoms with Crippen LogP contribution in [0.15, 0.2) is 6.08 Å². The van der Waals surface area contributed by atoms with Crippen molar-refractivity contribution in [3.63, 3.8) is 0 Å². The molecular formula is C11H14ClN3O3. The van der Waals surface area contributed by atoms with E-state index in [0.717, 1.165) is 0 Å². The molecule has 7 heteroatoms. The molecule has 6 nitrogen and oxygen atoms in total. The van der Waals surface area contributed by atoms with E-state index in [1.54, 1.807) is 14.0 Å². The van der Waals surface area contributed by atoms with Gasteiger partial charge in [-0.05, 0) is 19.9 Å². The Morgan fingerprint density at radius 3 is 2.61 bits per heavy atom. The maximum atomic E-state index is 11.4. The monoisotopic (exact) mass is 271 g/mol. The number of amides is 1. The molecule has 98 valence electrons. The Hall–Kier alpha value is -1.82. The average molecular weight is 272 g/mol. The van der Waals surface area contributed by atoms with Crippen LogP contribution in [0.5, 0.6) is 0 Å². The summed E-state index contributed by atoms with van der Waals surface area (Å²) >= 11 is 5.98. The smallest absolute Gasteiger partial charge is 0.325 e. The highest BCUT2D eigenvalue weighted by molar-refractivity contribution is 6.31. The lowest BCUT2D eigenvalue weighted by Crippen LogP contribution is -2.37. The highest BCUT2D eigenvalue weighted by Gasteiger charge is 2.12. The predicted octanol–water partition coefficient (Wildman–Crippen LogP) is 0.984. The second-order valence-corrected chi connectivity index (χ2v) is 4.17. The van der Waals surface area contributed by atoms with Gasteiger partial charge in [0.2, 0.25) is 5.91 Å². The maximum Gasteiger partial charge on any atom is 0.325 e. The second-order valence-electron chi connectivity index (χ2n) is 3.82. The third-order valence-electron chi connectivity index (χ3n) is 2.33. The van der Waals surface area contributed by atoms with Gasteiger partial charge in [-0.25, -0.2) is 0 Å². The summed E-state index contributed by atoms with van der Waals surface area (Å²) in [5.41, 5.74) is 1.33. The third kappa shape index (κ3) is 3.33. The van der Waals surface area contributed by atoms with E-state index in [9.17, 15) is 9.59 Å². The van der Waals surface area contributed by atoms with Crippen LogP contribution in [-0.2, 0) is 16.6 Å². The van der Waals surface area contributed by atoms with Gasteiger partial charge in [-0.15, -0.1) is 0 Å². The van der Waals surface area contributed by atoms with E-state index in [0.29, 0.717) is 16.4 Å². The summed E-state index contributed by atoms with van der Waals surface area (Å²) in [6.07, 6.45) is 2.74. The van der Waals surface area contributed by atoms with E-state index in [1.165, 1.54) is 23.8 Å². The quantitative estimate of drug-likeness (QED) is 0.800. The van der Waals surface area contributed by atoms with Crippen molar-refractivity contribution < 1.29 is 14.7 Å². The minimum atomic E-state index is -1.09. The molecule has 1 heterocycles. The number of carboxylic acids is 1. The summed E-state index contributed by atoms with van der Waals surface area (Å²) in [7, 11) is 1.69. The van der Waals surface area contributed by atoms with E-state index in [4.69, 9.17) is 16.7 Å². The fourth-order valence-electron chi connectivity index (χ4n) is 1.32. The van der Waals surface area contributed by atoms with Crippen molar-refractivity contribution in [3.8, 4) is 0 Å². The molecule has 1 aromatic rings. The zero-order valence-corrected chi connectivity index (χ0v) is 11.0. The van der Waals surface area contributed by atoms with E-state index in [2.05, 4.69) is 10.4 Å². The number of hydrogen-bond acceptors (Lipinski definition) is 3. The van der Waals surface area contributed by atoms with Gasteiger partial charge in [0.25, 0.3) is 0 Å². The maximum absolute atomic E-state index is 11.4. The fraction of sp³-hybridized carbons (Fsp3) is 0.364. The summed E-state index contributed by atoms with van der Waals surface area (Å²) < 4.78 is 1.49. The summed E-state index contributed by atoms with van der Waals surface area (Å²) in [4.78, 5) is 22.0. The molecule has 1 unspecified atom stereocenters. The number of halogens is 1. The zero-order valence-electron chi connectivity index (χ0n) is 10.3. The molecule has 0 aliphatic rings. The molecule has 2 N–H and O–H groups in total. The van der Waals surface area contributed by atoms with Crippen LogP contribution >= 0.6 is 11.6 Å². The van der Waals surface area contributed by atoms with Crippen LogP contribution in [-0.4, -0.2) is 32.8 Å². The molecule has 0 radical (unpaired) electrons. The molecule has 18 heavy (non-hydrogen) atoms. The van der Waals surface area contributed by atoms with Crippen molar-refractivity contribution in [2.24, 2.45) is 7.05 Å². The van der Waals surface area contributed by atoms with E-state index in [-0.39, 0.29) is 0 Å². The lowest BCUT2D eigenvalue weighted by Gasteiger charge is -2.05. The standard InChI is InChI=1S/C11H14ClN3O3/c1-6-8(10(12)15(3)14-6)4-5-9(16)13-7(2)11(17)18/h4-5,7H,1-3H3,(H,13,16)(H,17,18)/b5-4+. The van der Waals surface area contributed by atoms with Crippen LogP contribution < -0.4 is 5.32 Å². The van der Waals surface area contributed by atoms with Gasteiger partial charge in [0, 0.05) is 18.7 Å². The number of carbonyl (C=O) groups excluding carboxylic acids is 1. The van der Waals surface area contributed by atoms with Crippen LogP contribution in [0.2, 0.25) is 5.15 Å². The summed E-state index contributed by atoms with van der Waals surface area (Å²) in [5.74, 6) is -1.59. The Balaban J connectivity index is 2.75. The minimum absolute atomic E-state index is 0.419. The normalized spacial score (nSPS) is 12.7. The van der Waals surface area contributed by atoms with E-state index in [1.807, 2.05) is 0 Å². The highest BCUT2D eigenvalue weighted by atomic mass is 35.5. The zero-order chi connectivity index (χ0) is 13.9. The predicted molar refractivity (Wildman–Crippen MR) is 67.2 cm³/mol. The van der Waals surface area contributed by atoms with Crippen LogP contribution in [0.25, 0.3) is 6.08 Å². The number of carboxylic acid groups (broad SMARTS) is 1. The third-order valence-corrected chi connectivity index (χ3v) is 2.77. The first-order valence-corrected chi connectivity index (χ1v) is 5.61. The Labute approximate surface area is 109 Å². The molecule has 1 atom stereocenters. The molecule has 1 aromatic heterocycles. The lowest BCUT2D eigenvalue weighted by molar-refractivity contribution is -0.140. The Kier molecular flexibility index (Phi) is 4.49. The second kappa shape index (κ2) is 5.68. The van der Waals surface area contributed by atoms with E-state index < -0.39 is 17.9 Å². The number of carbonyl (C=O) groups is 2. The number of aryl methyl sites for hydroxylation is 2. The number of aromatic nitrogens is 2. The minimum Gasteiger partial charge on any atom is -0.480 e. The fourth-order valence-corrected chi connectivity index (χ4v) is 1.56. The van der Waals surface area contributed by atoms with Gasteiger partial charge < -0.3 is 10.4 Å². The van der Waals surface area contributed by atoms with Gasteiger partial charge in [0.05, 0.1) is 5.69 Å². The van der Waals surface area contributed by atoms with Crippen molar-refractivity contribution in [1.29, 1.82) is 0 Å². The molecule has 0 aliphatic heterocycles. The molecule has 0 bridgehead atoms. The van der Waals surface area contributed by atoms with Crippen molar-refractivity contribution in [3.05, 3.63) is 22.5 Å². The van der Waals surface area contributed by atoms with Crippen LogP contribution in [0.3, 0.4) is 0 Å². The number of aliphatic carboxylic acids is 1. The largest absolute Gasteiger partial charge is 0.480 e. The molecule has 0 fully saturated rings. The molecular weight excluding hydrogens is 258 g/mol. The van der Waals surface area contributed by atoms with Crippen LogP contribution in [0, 0.1) is 6.92 Å². The molecule has 0 saturated heterocycles. The number of nitrogens with one attached hydrogen (secondary N) is 1. The van der Waals surface area contributed by atoms with Crippen molar-refractivity contribution in [2.75, 3.05) is 0 Å². The van der Waals surface area contributed by atoms with Gasteiger partial charge in [0.15, 0.2) is 0 Å². The summed E-state index contributed by atoms with van der Waals surface area (Å²) in [5, 5.41) is 15.4. The Bertz CT molecular complexity index is 508. The first-order chi connectivity index (χ1) is 8.32. The Morgan fingerprint density at radius 1 is 1.56 bits per heavy atom. The SMILES string of the molecule is Cc1nn(C)c(Cl)c1/C=C/C(=O)NC(C)C(=O)O. The molecule has 0 aliphatic carbocycles. The number of rotatable bonds is 4. The van der Waals surface area contributed by atoms with Crippen molar-refractivity contribution >= 4 is 29.6 Å². The summed E-state index contributed by atoms with van der Waals surface area (Å²) in [6.45, 7) is 3.15.